The van der Waals surface area contributed by atoms with Crippen LogP contribution in [0.25, 0.3) is 11.0 Å². The molecule has 2 heterocycles. The molecule has 1 saturated carbocycles. The summed E-state index contributed by atoms with van der Waals surface area (Å²) in [5, 5.41) is 7.66. The quantitative estimate of drug-likeness (QED) is 0.512. The van der Waals surface area contributed by atoms with Gasteiger partial charge in [0.05, 0.1) is 11.9 Å². The van der Waals surface area contributed by atoms with Crippen molar-refractivity contribution in [3.63, 3.8) is 0 Å². The van der Waals surface area contributed by atoms with Gasteiger partial charge >= 0.3 is 0 Å². The Bertz CT molecular complexity index is 967. The molecule has 1 aliphatic carbocycles. The van der Waals surface area contributed by atoms with E-state index >= 15 is 0 Å². The van der Waals surface area contributed by atoms with Gasteiger partial charge in [0.15, 0.2) is 0 Å². The van der Waals surface area contributed by atoms with E-state index < -0.39 is 0 Å². The lowest BCUT2D eigenvalue weighted by Crippen LogP contribution is -2.17. The monoisotopic (exact) mass is 373 g/mol. The number of hydrogen-bond donors (Lipinski definition) is 2. The predicted molar refractivity (Wildman–Crippen MR) is 114 cm³/mol. The summed E-state index contributed by atoms with van der Waals surface area (Å²) >= 11 is 0. The first-order valence-electron chi connectivity index (χ1n) is 10.1. The molecule has 144 valence electrons. The van der Waals surface area contributed by atoms with Gasteiger partial charge in [0, 0.05) is 31.7 Å². The summed E-state index contributed by atoms with van der Waals surface area (Å²) < 4.78 is 2.30. The molecular formula is C23H27N5. The van der Waals surface area contributed by atoms with Crippen LogP contribution < -0.4 is 10.6 Å². The second kappa shape index (κ2) is 8.90. The van der Waals surface area contributed by atoms with Crippen LogP contribution in [0.2, 0.25) is 0 Å². The van der Waals surface area contributed by atoms with Crippen molar-refractivity contribution in [3.05, 3.63) is 54.5 Å². The third kappa shape index (κ3) is 4.18. The predicted octanol–water partition coefficient (Wildman–Crippen LogP) is 3.65. The molecule has 1 aromatic carbocycles. The third-order valence-corrected chi connectivity index (χ3v) is 5.50. The summed E-state index contributed by atoms with van der Waals surface area (Å²) in [5.41, 5.74) is 2.38. The SMILES string of the molecule is CNc1ncnc2c1ccn2C1CCC(C#CCNCCc2ccccc2)C1. The normalized spacial score (nSPS) is 18.8. The Morgan fingerprint density at radius 3 is 2.89 bits per heavy atom. The van der Waals surface area contributed by atoms with Crippen molar-refractivity contribution < 1.29 is 0 Å². The Labute approximate surface area is 166 Å². The lowest BCUT2D eigenvalue weighted by Gasteiger charge is -2.13. The minimum atomic E-state index is 0.474. The Morgan fingerprint density at radius 2 is 2.04 bits per heavy atom. The number of aromatic nitrogens is 3. The van der Waals surface area contributed by atoms with E-state index in [1.54, 1.807) is 6.33 Å². The van der Waals surface area contributed by atoms with Crippen LogP contribution in [0.15, 0.2) is 48.9 Å². The number of nitrogens with one attached hydrogen (secondary N) is 2. The second-order valence-corrected chi connectivity index (χ2v) is 7.33. The summed E-state index contributed by atoms with van der Waals surface area (Å²) in [5.74, 6) is 8.17. The lowest BCUT2D eigenvalue weighted by molar-refractivity contribution is 0.521. The Morgan fingerprint density at radius 1 is 1.14 bits per heavy atom. The zero-order valence-corrected chi connectivity index (χ0v) is 16.4. The Kier molecular flexibility index (Phi) is 5.89. The second-order valence-electron chi connectivity index (χ2n) is 7.33. The first kappa shape index (κ1) is 18.5. The van der Waals surface area contributed by atoms with Crippen molar-refractivity contribution in [3.8, 4) is 11.8 Å². The van der Waals surface area contributed by atoms with Gasteiger partial charge in [-0.15, -0.1) is 0 Å². The fourth-order valence-corrected chi connectivity index (χ4v) is 4.03. The van der Waals surface area contributed by atoms with Gasteiger partial charge in [-0.3, -0.25) is 0 Å². The number of benzene rings is 1. The van der Waals surface area contributed by atoms with Gasteiger partial charge in [0.25, 0.3) is 0 Å². The van der Waals surface area contributed by atoms with Crippen molar-refractivity contribution in [1.29, 1.82) is 0 Å². The first-order chi connectivity index (χ1) is 13.8. The summed E-state index contributed by atoms with van der Waals surface area (Å²) in [7, 11) is 1.90. The van der Waals surface area contributed by atoms with E-state index in [4.69, 9.17) is 0 Å². The molecule has 0 radical (unpaired) electrons. The maximum atomic E-state index is 4.51. The molecule has 1 aliphatic rings. The highest BCUT2D eigenvalue weighted by Crippen LogP contribution is 2.36. The molecule has 0 aliphatic heterocycles. The highest BCUT2D eigenvalue weighted by atomic mass is 15.1. The van der Waals surface area contributed by atoms with Crippen LogP contribution in [0.5, 0.6) is 0 Å². The van der Waals surface area contributed by atoms with Crippen molar-refractivity contribution in [2.45, 2.75) is 31.7 Å². The standard InChI is InChI=1S/C23H27N5/c1-24-22-21-12-15-28(23(21)27-17-26-22)20-10-9-19(16-20)8-5-13-25-14-11-18-6-3-2-4-7-18/h2-4,6-7,12,15,17,19-20,25H,9-11,13-14,16H2,1H3,(H,24,26,27). The Hall–Kier alpha value is -2.84. The van der Waals surface area contributed by atoms with Gasteiger partial charge in [-0.1, -0.05) is 42.2 Å². The zero-order valence-electron chi connectivity index (χ0n) is 16.4. The minimum absolute atomic E-state index is 0.474. The topological polar surface area (TPSA) is 54.8 Å². The van der Waals surface area contributed by atoms with Crippen LogP contribution in [-0.2, 0) is 6.42 Å². The molecule has 2 aromatic heterocycles. The van der Waals surface area contributed by atoms with Crippen molar-refractivity contribution in [1.82, 2.24) is 19.9 Å². The zero-order chi connectivity index (χ0) is 19.2. The minimum Gasteiger partial charge on any atom is -0.372 e. The van der Waals surface area contributed by atoms with Crippen LogP contribution in [0, 0.1) is 17.8 Å². The molecule has 0 bridgehead atoms. The van der Waals surface area contributed by atoms with E-state index in [9.17, 15) is 0 Å². The molecule has 3 aromatic rings. The summed E-state index contributed by atoms with van der Waals surface area (Å²) in [6.45, 7) is 1.73. The van der Waals surface area contributed by atoms with Crippen molar-refractivity contribution in [2.24, 2.45) is 5.92 Å². The van der Waals surface area contributed by atoms with Crippen LogP contribution in [0.1, 0.15) is 30.9 Å². The molecule has 28 heavy (non-hydrogen) atoms. The van der Waals surface area contributed by atoms with Gasteiger partial charge in [0.1, 0.15) is 17.8 Å². The largest absolute Gasteiger partial charge is 0.372 e. The van der Waals surface area contributed by atoms with Crippen molar-refractivity contribution >= 4 is 16.9 Å². The number of anilines is 1. The highest BCUT2D eigenvalue weighted by Gasteiger charge is 2.26. The number of fused-ring (bicyclic) bond motifs is 1. The molecule has 0 spiro atoms. The molecule has 0 amide bonds. The van der Waals surface area contributed by atoms with Gasteiger partial charge in [0.2, 0.25) is 0 Å². The van der Waals surface area contributed by atoms with E-state index in [1.807, 2.05) is 7.05 Å². The number of hydrogen-bond acceptors (Lipinski definition) is 4. The van der Waals surface area contributed by atoms with Crippen molar-refractivity contribution in [2.75, 3.05) is 25.5 Å². The molecular weight excluding hydrogens is 346 g/mol. The van der Waals surface area contributed by atoms with Crippen LogP contribution in [0.4, 0.5) is 5.82 Å². The van der Waals surface area contributed by atoms with Crippen LogP contribution in [0.3, 0.4) is 0 Å². The van der Waals surface area contributed by atoms with Crippen LogP contribution >= 0.6 is 0 Å². The third-order valence-electron chi connectivity index (χ3n) is 5.50. The average Bonchev–Trinajstić information content (AvgIpc) is 3.38. The molecule has 4 rings (SSSR count). The summed E-state index contributed by atoms with van der Waals surface area (Å²) in [6.07, 6.45) is 8.24. The summed E-state index contributed by atoms with van der Waals surface area (Å²) in [6, 6.07) is 13.2. The Balaban J connectivity index is 1.28. The van der Waals surface area contributed by atoms with E-state index in [0.717, 1.165) is 55.6 Å². The maximum Gasteiger partial charge on any atom is 0.145 e. The van der Waals surface area contributed by atoms with Gasteiger partial charge in [-0.25, -0.2) is 9.97 Å². The molecule has 2 atom stereocenters. The van der Waals surface area contributed by atoms with E-state index in [2.05, 4.69) is 79.6 Å². The molecule has 2 N–H and O–H groups in total. The average molecular weight is 374 g/mol. The molecule has 5 heteroatoms. The molecule has 0 saturated heterocycles. The maximum absolute atomic E-state index is 4.51. The lowest BCUT2D eigenvalue weighted by atomic mass is 10.1. The van der Waals surface area contributed by atoms with Crippen LogP contribution in [-0.4, -0.2) is 34.7 Å². The highest BCUT2D eigenvalue weighted by molar-refractivity contribution is 5.87. The summed E-state index contributed by atoms with van der Waals surface area (Å²) in [4.78, 5) is 8.81. The fraction of sp³-hybridized carbons (Fsp3) is 0.391. The number of rotatable bonds is 6. The van der Waals surface area contributed by atoms with E-state index in [-0.39, 0.29) is 0 Å². The molecule has 5 nitrogen and oxygen atoms in total. The number of nitrogens with zero attached hydrogens (tertiary/aromatic N) is 3. The fourth-order valence-electron chi connectivity index (χ4n) is 4.03. The smallest absolute Gasteiger partial charge is 0.145 e. The van der Waals surface area contributed by atoms with Gasteiger partial charge in [-0.05, 0) is 37.3 Å². The van der Waals surface area contributed by atoms with Gasteiger partial charge < -0.3 is 15.2 Å². The molecule has 2 unspecified atom stereocenters. The van der Waals surface area contributed by atoms with E-state index in [0.29, 0.717) is 12.0 Å². The first-order valence-corrected chi connectivity index (χ1v) is 10.1. The van der Waals surface area contributed by atoms with E-state index in [1.165, 1.54) is 5.56 Å². The molecule has 1 fully saturated rings. The van der Waals surface area contributed by atoms with Gasteiger partial charge in [-0.2, -0.15) is 0 Å².